The van der Waals surface area contributed by atoms with Crippen molar-refractivity contribution >= 4 is 28.4 Å². The Morgan fingerprint density at radius 3 is 2.50 bits per heavy atom. The van der Waals surface area contributed by atoms with Gasteiger partial charge in [-0.05, 0) is 48.4 Å². The number of ketones is 1. The molecule has 2 atom stereocenters. The predicted molar refractivity (Wildman–Crippen MR) is 60.2 cm³/mol. The molecule has 2 aliphatic rings. The fourth-order valence-corrected chi connectivity index (χ4v) is 2.97. The van der Waals surface area contributed by atoms with Gasteiger partial charge in [0, 0.05) is 0 Å². The van der Waals surface area contributed by atoms with Crippen LogP contribution in [0.15, 0.2) is 9.15 Å². The molecule has 0 radical (unpaired) electrons. The van der Waals surface area contributed by atoms with Crippen LogP contribution in [-0.4, -0.2) is 23.8 Å². The van der Waals surface area contributed by atoms with E-state index in [1.807, 2.05) is 20.8 Å². The number of halogens is 1. The zero-order chi connectivity index (χ0) is 10.5. The van der Waals surface area contributed by atoms with Crippen LogP contribution in [0.5, 0.6) is 0 Å². The minimum atomic E-state index is -0.622. The third-order valence-corrected chi connectivity index (χ3v) is 3.80. The molecule has 0 N–H and O–H groups in total. The SMILES string of the molecule is CCC1=C(I)C(=O)[C@@H]2OC(C)(C)O[C@H]12. The number of carbonyl (C=O) groups excluding carboxylic acids is 1. The largest absolute Gasteiger partial charge is 0.340 e. The topological polar surface area (TPSA) is 35.5 Å². The highest BCUT2D eigenvalue weighted by atomic mass is 127. The molecule has 0 amide bonds. The van der Waals surface area contributed by atoms with Gasteiger partial charge in [-0.1, -0.05) is 6.92 Å². The van der Waals surface area contributed by atoms with Crippen LogP contribution in [0.4, 0.5) is 0 Å². The average molecular weight is 308 g/mol. The Morgan fingerprint density at radius 1 is 1.36 bits per heavy atom. The van der Waals surface area contributed by atoms with Crippen molar-refractivity contribution in [3.63, 3.8) is 0 Å². The molecule has 0 aromatic carbocycles. The van der Waals surface area contributed by atoms with Crippen LogP contribution in [-0.2, 0) is 14.3 Å². The van der Waals surface area contributed by atoms with Crippen LogP contribution in [0.1, 0.15) is 27.2 Å². The molecule has 1 aliphatic carbocycles. The van der Waals surface area contributed by atoms with E-state index in [-0.39, 0.29) is 11.9 Å². The standard InChI is InChI=1S/C10H13IO3/c1-4-5-6(11)7(12)9-8(5)13-10(2,3)14-9/h8-9H,4H2,1-3H3/t8-,9+/m1/s1. The molecule has 3 nitrogen and oxygen atoms in total. The molecule has 0 spiro atoms. The van der Waals surface area contributed by atoms with Gasteiger partial charge in [0.25, 0.3) is 0 Å². The second-order valence-corrected chi connectivity index (χ2v) is 5.11. The van der Waals surface area contributed by atoms with E-state index in [1.165, 1.54) is 0 Å². The second-order valence-electron chi connectivity index (χ2n) is 4.03. The number of ether oxygens (including phenoxy) is 2. The molecular weight excluding hydrogens is 295 g/mol. The Labute approximate surface area is 97.0 Å². The highest BCUT2D eigenvalue weighted by molar-refractivity contribution is 14.1. The van der Waals surface area contributed by atoms with Crippen LogP contribution in [0.2, 0.25) is 0 Å². The van der Waals surface area contributed by atoms with Crippen molar-refractivity contribution < 1.29 is 14.3 Å². The summed E-state index contributed by atoms with van der Waals surface area (Å²) in [5.41, 5.74) is 1.09. The summed E-state index contributed by atoms with van der Waals surface area (Å²) in [5.74, 6) is -0.541. The lowest BCUT2D eigenvalue weighted by Gasteiger charge is -2.18. The van der Waals surface area contributed by atoms with Gasteiger partial charge >= 0.3 is 0 Å². The molecule has 14 heavy (non-hydrogen) atoms. The summed E-state index contributed by atoms with van der Waals surface area (Å²) >= 11 is 2.09. The van der Waals surface area contributed by atoms with Crippen molar-refractivity contribution in [2.75, 3.05) is 0 Å². The highest BCUT2D eigenvalue weighted by Gasteiger charge is 2.51. The van der Waals surface area contributed by atoms with Crippen LogP contribution in [0, 0.1) is 0 Å². The quantitative estimate of drug-likeness (QED) is 0.697. The van der Waals surface area contributed by atoms with Crippen molar-refractivity contribution in [2.45, 2.75) is 45.2 Å². The smallest absolute Gasteiger partial charge is 0.200 e. The summed E-state index contributed by atoms with van der Waals surface area (Å²) < 4.78 is 12.1. The van der Waals surface area contributed by atoms with Crippen LogP contribution < -0.4 is 0 Å². The molecule has 0 aromatic rings. The summed E-state index contributed by atoms with van der Waals surface area (Å²) in [6, 6.07) is 0. The molecule has 1 saturated heterocycles. The first-order valence-electron chi connectivity index (χ1n) is 4.74. The maximum Gasteiger partial charge on any atom is 0.200 e. The molecule has 1 heterocycles. The van der Waals surface area contributed by atoms with E-state index >= 15 is 0 Å². The average Bonchev–Trinajstić information content (AvgIpc) is 2.50. The normalized spacial score (nSPS) is 35.3. The first-order valence-corrected chi connectivity index (χ1v) is 5.82. The molecule has 4 heteroatoms. The predicted octanol–water partition coefficient (Wildman–Crippen LogP) is 2.19. The lowest BCUT2D eigenvalue weighted by molar-refractivity contribution is -0.153. The van der Waals surface area contributed by atoms with Crippen LogP contribution in [0.25, 0.3) is 0 Å². The van der Waals surface area contributed by atoms with E-state index in [0.717, 1.165) is 15.6 Å². The number of carbonyl (C=O) groups is 1. The summed E-state index contributed by atoms with van der Waals surface area (Å²) in [6.07, 6.45) is 0.311. The molecule has 1 fully saturated rings. The monoisotopic (exact) mass is 308 g/mol. The minimum absolute atomic E-state index is 0.0815. The van der Waals surface area contributed by atoms with Crippen molar-refractivity contribution in [2.24, 2.45) is 0 Å². The Balaban J connectivity index is 2.33. The van der Waals surface area contributed by atoms with Crippen molar-refractivity contribution in [3.05, 3.63) is 9.15 Å². The Hall–Kier alpha value is 0.0600. The second kappa shape index (κ2) is 3.28. The van der Waals surface area contributed by atoms with E-state index in [9.17, 15) is 4.79 Å². The van der Waals surface area contributed by atoms with E-state index in [4.69, 9.17) is 9.47 Å². The first kappa shape index (κ1) is 10.6. The van der Waals surface area contributed by atoms with Crippen molar-refractivity contribution in [1.29, 1.82) is 0 Å². The minimum Gasteiger partial charge on any atom is -0.340 e. The van der Waals surface area contributed by atoms with Gasteiger partial charge < -0.3 is 9.47 Å². The molecule has 0 bridgehead atoms. The van der Waals surface area contributed by atoms with E-state index in [1.54, 1.807) is 0 Å². The number of fused-ring (bicyclic) bond motifs is 1. The zero-order valence-electron chi connectivity index (χ0n) is 8.46. The maximum absolute atomic E-state index is 11.8. The van der Waals surface area contributed by atoms with Crippen LogP contribution in [0.3, 0.4) is 0 Å². The highest BCUT2D eigenvalue weighted by Crippen LogP contribution is 2.42. The summed E-state index contributed by atoms with van der Waals surface area (Å²) in [4.78, 5) is 11.8. The first-order chi connectivity index (χ1) is 6.46. The number of hydrogen-bond acceptors (Lipinski definition) is 3. The van der Waals surface area contributed by atoms with Gasteiger partial charge in [0.15, 0.2) is 11.9 Å². The molecule has 1 aliphatic heterocycles. The van der Waals surface area contributed by atoms with Gasteiger partial charge in [-0.3, -0.25) is 4.79 Å². The molecular formula is C10H13IO3. The summed E-state index contributed by atoms with van der Waals surface area (Å²) in [5, 5.41) is 0. The zero-order valence-corrected chi connectivity index (χ0v) is 10.6. The van der Waals surface area contributed by atoms with Gasteiger partial charge in [0.05, 0.1) is 3.58 Å². The fraction of sp³-hybridized carbons (Fsp3) is 0.700. The van der Waals surface area contributed by atoms with Crippen molar-refractivity contribution in [1.82, 2.24) is 0 Å². The molecule has 0 aromatic heterocycles. The van der Waals surface area contributed by atoms with E-state index in [0.29, 0.717) is 0 Å². The number of hydrogen-bond donors (Lipinski definition) is 0. The lowest BCUT2D eigenvalue weighted by atomic mass is 10.1. The Morgan fingerprint density at radius 2 is 1.93 bits per heavy atom. The number of Topliss-reactive ketones (excluding diaryl/α,β-unsaturated/α-hetero) is 1. The lowest BCUT2D eigenvalue weighted by Crippen LogP contribution is -2.26. The third kappa shape index (κ3) is 1.44. The van der Waals surface area contributed by atoms with Gasteiger partial charge in [0.1, 0.15) is 6.10 Å². The van der Waals surface area contributed by atoms with Crippen molar-refractivity contribution in [3.8, 4) is 0 Å². The van der Waals surface area contributed by atoms with Gasteiger partial charge in [-0.15, -0.1) is 0 Å². The maximum atomic E-state index is 11.8. The molecule has 2 rings (SSSR count). The van der Waals surface area contributed by atoms with Crippen LogP contribution >= 0.6 is 22.6 Å². The van der Waals surface area contributed by atoms with E-state index < -0.39 is 11.9 Å². The fourth-order valence-electron chi connectivity index (χ4n) is 1.97. The van der Waals surface area contributed by atoms with E-state index in [2.05, 4.69) is 22.6 Å². The molecule has 0 saturated carbocycles. The third-order valence-electron chi connectivity index (χ3n) is 2.58. The molecule has 0 unspecified atom stereocenters. The number of rotatable bonds is 1. The Bertz CT molecular complexity index is 319. The van der Waals surface area contributed by atoms with Gasteiger partial charge in [-0.25, -0.2) is 0 Å². The summed E-state index contributed by atoms with van der Waals surface area (Å²) in [7, 11) is 0. The summed E-state index contributed by atoms with van der Waals surface area (Å²) in [6.45, 7) is 5.73. The van der Waals surface area contributed by atoms with Gasteiger partial charge in [-0.2, -0.15) is 0 Å². The Kier molecular flexibility index (Phi) is 2.48. The van der Waals surface area contributed by atoms with Gasteiger partial charge in [0.2, 0.25) is 5.78 Å². The molecule has 78 valence electrons.